The first-order chi connectivity index (χ1) is 13.8. The van der Waals surface area contributed by atoms with Crippen molar-refractivity contribution in [3.63, 3.8) is 0 Å². The van der Waals surface area contributed by atoms with Gasteiger partial charge in [-0.2, -0.15) is 0 Å². The molecule has 0 aromatic carbocycles. The molecular weight excluding hydrogens is 380 g/mol. The Kier molecular flexibility index (Phi) is 8.31. The Bertz CT molecular complexity index is 478. The molecule has 0 saturated heterocycles. The lowest BCUT2D eigenvalue weighted by Gasteiger charge is -2.43. The predicted octanol–water partition coefficient (Wildman–Crippen LogP) is 7.53. The van der Waals surface area contributed by atoms with Gasteiger partial charge in [0, 0.05) is 13.5 Å². The Morgan fingerprint density at radius 1 is 0.759 bits per heavy atom. The smallest absolute Gasteiger partial charge is 0.245 e. The minimum atomic E-state index is -2.53. The zero-order valence-corrected chi connectivity index (χ0v) is 18.2. The highest BCUT2D eigenvalue weighted by Gasteiger charge is 2.44. The van der Waals surface area contributed by atoms with Crippen LogP contribution in [-0.4, -0.2) is 31.5 Å². The van der Waals surface area contributed by atoms with Crippen LogP contribution in [0.2, 0.25) is 0 Å². The van der Waals surface area contributed by atoms with Crippen LogP contribution >= 0.6 is 0 Å². The number of ether oxygens (including phenoxy) is 1. The van der Waals surface area contributed by atoms with Gasteiger partial charge in [-0.1, -0.05) is 19.3 Å². The molecule has 29 heavy (non-hydrogen) atoms. The number of alkyl halides is 4. The lowest BCUT2D eigenvalue weighted by molar-refractivity contribution is -0.0730. The van der Waals surface area contributed by atoms with Crippen LogP contribution < -0.4 is 0 Å². The van der Waals surface area contributed by atoms with Gasteiger partial charge in [0.15, 0.2) is 6.17 Å². The summed E-state index contributed by atoms with van der Waals surface area (Å²) >= 11 is 0. The second-order valence-electron chi connectivity index (χ2n) is 10.3. The van der Waals surface area contributed by atoms with Crippen LogP contribution in [0.1, 0.15) is 90.4 Å². The third-order valence-corrected chi connectivity index (χ3v) is 8.36. The summed E-state index contributed by atoms with van der Waals surface area (Å²) in [6.07, 6.45) is 8.71. The first-order valence-corrected chi connectivity index (χ1v) is 12.0. The molecule has 4 unspecified atom stereocenters. The quantitative estimate of drug-likeness (QED) is 0.387. The highest BCUT2D eigenvalue weighted by molar-refractivity contribution is 4.93. The van der Waals surface area contributed by atoms with E-state index in [2.05, 4.69) is 0 Å². The van der Waals surface area contributed by atoms with Gasteiger partial charge in [-0.15, -0.1) is 0 Å². The summed E-state index contributed by atoms with van der Waals surface area (Å²) in [5.41, 5.74) is 0. The zero-order valence-electron chi connectivity index (χ0n) is 18.2. The van der Waals surface area contributed by atoms with Crippen LogP contribution in [0.5, 0.6) is 0 Å². The van der Waals surface area contributed by atoms with Gasteiger partial charge in [0.05, 0.1) is 6.10 Å². The Hall–Kier alpha value is -0.320. The summed E-state index contributed by atoms with van der Waals surface area (Å²) in [6.45, 7) is 1.02. The lowest BCUT2D eigenvalue weighted by atomic mass is 9.65. The Labute approximate surface area is 174 Å². The van der Waals surface area contributed by atoms with Crippen LogP contribution in [0.25, 0.3) is 0 Å². The topological polar surface area (TPSA) is 9.23 Å². The van der Waals surface area contributed by atoms with Crippen molar-refractivity contribution in [2.45, 2.75) is 115 Å². The van der Waals surface area contributed by atoms with Crippen molar-refractivity contribution >= 4 is 0 Å². The van der Waals surface area contributed by atoms with Crippen molar-refractivity contribution in [3.05, 3.63) is 0 Å². The molecule has 1 nitrogen and oxygen atoms in total. The molecule has 0 bridgehead atoms. The second kappa shape index (κ2) is 10.3. The van der Waals surface area contributed by atoms with E-state index in [1.807, 2.05) is 0 Å². The van der Waals surface area contributed by atoms with Gasteiger partial charge >= 0.3 is 0 Å². The largest absolute Gasteiger partial charge is 0.378 e. The maximum Gasteiger partial charge on any atom is 0.245 e. The molecule has 0 N–H and O–H groups in total. The summed E-state index contributed by atoms with van der Waals surface area (Å²) in [6, 6.07) is 0. The van der Waals surface area contributed by atoms with Crippen molar-refractivity contribution < 1.29 is 22.3 Å². The monoisotopic (exact) mass is 420 g/mol. The van der Waals surface area contributed by atoms with Crippen molar-refractivity contribution in [3.8, 4) is 0 Å². The van der Waals surface area contributed by atoms with E-state index in [1.54, 1.807) is 0 Å². The summed E-state index contributed by atoms with van der Waals surface area (Å²) in [5, 5.41) is 0. The van der Waals surface area contributed by atoms with Crippen molar-refractivity contribution in [2.75, 3.05) is 7.11 Å². The Morgan fingerprint density at radius 3 is 1.86 bits per heavy atom. The predicted molar refractivity (Wildman–Crippen MR) is 109 cm³/mol. The molecule has 4 atom stereocenters. The number of hydrogen-bond acceptors (Lipinski definition) is 1. The van der Waals surface area contributed by atoms with E-state index in [4.69, 9.17) is 4.74 Å². The van der Waals surface area contributed by atoms with Gasteiger partial charge < -0.3 is 4.74 Å². The Morgan fingerprint density at radius 2 is 1.31 bits per heavy atom. The molecule has 0 spiro atoms. The number of rotatable bonds is 7. The van der Waals surface area contributed by atoms with Crippen molar-refractivity contribution in [1.82, 2.24) is 0 Å². The molecule has 3 aliphatic carbocycles. The average molecular weight is 421 g/mol. The molecule has 3 rings (SSSR count). The third kappa shape index (κ3) is 6.33. The highest BCUT2D eigenvalue weighted by Crippen LogP contribution is 2.47. The molecule has 0 aromatic heterocycles. The first-order valence-electron chi connectivity index (χ1n) is 12.0. The fourth-order valence-electron chi connectivity index (χ4n) is 6.55. The SMILES string of the molecule is COC1CCC(C2CCC(C3CCC(CCCC(C)(F)F)CC3)CC2)C(F)C1F. The third-order valence-electron chi connectivity index (χ3n) is 8.36. The van der Waals surface area contributed by atoms with Gasteiger partial charge in [-0.25, -0.2) is 17.6 Å². The lowest BCUT2D eigenvalue weighted by Crippen LogP contribution is -2.45. The fourth-order valence-corrected chi connectivity index (χ4v) is 6.55. The summed E-state index contributed by atoms with van der Waals surface area (Å²) in [4.78, 5) is 0. The molecule has 170 valence electrons. The van der Waals surface area contributed by atoms with E-state index in [9.17, 15) is 17.6 Å². The van der Waals surface area contributed by atoms with Crippen molar-refractivity contribution in [2.24, 2.45) is 29.6 Å². The van der Waals surface area contributed by atoms with Crippen molar-refractivity contribution in [1.29, 1.82) is 0 Å². The Balaban J connectivity index is 1.37. The molecule has 0 heterocycles. The van der Waals surface area contributed by atoms with E-state index >= 15 is 0 Å². The molecule has 3 fully saturated rings. The number of hydrogen-bond donors (Lipinski definition) is 0. The molecule has 3 saturated carbocycles. The maximum absolute atomic E-state index is 14.6. The van der Waals surface area contributed by atoms with E-state index in [1.165, 1.54) is 32.8 Å². The van der Waals surface area contributed by atoms with Crippen LogP contribution in [0.3, 0.4) is 0 Å². The van der Waals surface area contributed by atoms with E-state index < -0.39 is 24.4 Å². The second-order valence-corrected chi connectivity index (χ2v) is 10.3. The van der Waals surface area contributed by atoms with Gasteiger partial charge in [-0.3, -0.25) is 0 Å². The number of methoxy groups -OCH3 is 1. The van der Waals surface area contributed by atoms with Gasteiger partial charge in [0.1, 0.15) is 6.17 Å². The molecule has 5 heteroatoms. The van der Waals surface area contributed by atoms with Gasteiger partial charge in [0.25, 0.3) is 0 Å². The molecule has 0 radical (unpaired) electrons. The van der Waals surface area contributed by atoms with E-state index in [0.717, 1.165) is 57.3 Å². The normalized spacial score (nSPS) is 42.0. The summed E-state index contributed by atoms with van der Waals surface area (Å²) in [7, 11) is 1.48. The highest BCUT2D eigenvalue weighted by atomic mass is 19.3. The zero-order chi connectivity index (χ0) is 21.0. The average Bonchev–Trinajstić information content (AvgIpc) is 2.70. The maximum atomic E-state index is 14.6. The fraction of sp³-hybridized carbons (Fsp3) is 1.00. The molecular formula is C24H40F4O. The minimum absolute atomic E-state index is 0.0124. The van der Waals surface area contributed by atoms with Crippen LogP contribution in [0.4, 0.5) is 17.6 Å². The van der Waals surface area contributed by atoms with Gasteiger partial charge in [0.2, 0.25) is 5.92 Å². The van der Waals surface area contributed by atoms with Crippen LogP contribution in [0.15, 0.2) is 0 Å². The molecule has 0 aromatic rings. The molecule has 0 amide bonds. The molecule has 0 aliphatic heterocycles. The standard InChI is InChI=1S/C24H40F4O/c1-24(27,28)15-3-4-16-5-7-17(8-6-16)18-9-11-19(12-10-18)20-13-14-21(29-2)23(26)22(20)25/h16-23H,3-15H2,1-2H3. The first kappa shape index (κ1) is 23.3. The minimum Gasteiger partial charge on any atom is -0.378 e. The van der Waals surface area contributed by atoms with Gasteiger partial charge in [-0.05, 0) is 94.3 Å². The van der Waals surface area contributed by atoms with Crippen LogP contribution in [0, 0.1) is 29.6 Å². The van der Waals surface area contributed by atoms with Crippen LogP contribution in [-0.2, 0) is 4.74 Å². The number of halogens is 4. The van der Waals surface area contributed by atoms with E-state index in [-0.39, 0.29) is 12.3 Å². The molecule has 3 aliphatic rings. The summed E-state index contributed by atoms with van der Waals surface area (Å²) < 4.78 is 60.0. The van der Waals surface area contributed by atoms with E-state index in [0.29, 0.717) is 24.7 Å². The summed E-state index contributed by atoms with van der Waals surface area (Å²) in [5.74, 6) is -0.246.